The van der Waals surface area contributed by atoms with Crippen molar-refractivity contribution in [2.45, 2.75) is 36.1 Å². The van der Waals surface area contributed by atoms with Crippen LogP contribution in [0.15, 0.2) is 22.6 Å². The molecule has 142 valence electrons. The van der Waals surface area contributed by atoms with Gasteiger partial charge in [0, 0.05) is 24.7 Å². The van der Waals surface area contributed by atoms with E-state index in [1.54, 1.807) is 0 Å². The summed E-state index contributed by atoms with van der Waals surface area (Å²) in [5.74, 6) is 1.17. The second-order valence-electron chi connectivity index (χ2n) is 7.80. The molecule has 9 heteroatoms. The zero-order valence-corrected chi connectivity index (χ0v) is 15.2. The number of carbonyl (C=O) groups excluding carboxylic acids is 1. The van der Waals surface area contributed by atoms with E-state index in [-0.39, 0.29) is 34.2 Å². The van der Waals surface area contributed by atoms with E-state index < -0.39 is 5.82 Å². The number of amides is 1. The fraction of sp³-hybridized carbons (Fsp3) is 0.500. The molecule has 2 bridgehead atoms. The number of hydrogen-bond donors (Lipinski definition) is 2. The third-order valence-corrected chi connectivity index (χ3v) is 6.03. The van der Waals surface area contributed by atoms with E-state index in [4.69, 9.17) is 20.8 Å². The summed E-state index contributed by atoms with van der Waals surface area (Å²) in [5.41, 5.74) is -0.297. The van der Waals surface area contributed by atoms with Crippen LogP contribution in [-0.2, 0) is 10.2 Å². The van der Waals surface area contributed by atoms with Gasteiger partial charge in [-0.2, -0.15) is 0 Å². The van der Waals surface area contributed by atoms with Crippen LogP contribution in [0.3, 0.4) is 0 Å². The van der Waals surface area contributed by atoms with Crippen molar-refractivity contribution in [1.82, 2.24) is 20.8 Å². The Kier molecular flexibility index (Phi) is 3.70. The van der Waals surface area contributed by atoms with Crippen LogP contribution in [0.1, 0.15) is 37.0 Å². The van der Waals surface area contributed by atoms with Crippen molar-refractivity contribution in [1.29, 1.82) is 0 Å². The van der Waals surface area contributed by atoms with E-state index >= 15 is 0 Å². The van der Waals surface area contributed by atoms with Crippen LogP contribution in [0.5, 0.6) is 5.75 Å². The minimum atomic E-state index is -0.576. The van der Waals surface area contributed by atoms with Gasteiger partial charge >= 0.3 is 0 Å². The normalized spacial score (nSPS) is 28.7. The molecule has 0 unspecified atom stereocenters. The monoisotopic (exact) mass is 392 g/mol. The van der Waals surface area contributed by atoms with Crippen molar-refractivity contribution < 1.29 is 18.3 Å². The number of aromatic nitrogens is 2. The first kappa shape index (κ1) is 16.9. The van der Waals surface area contributed by atoms with Crippen LogP contribution < -0.4 is 15.4 Å². The van der Waals surface area contributed by atoms with Crippen molar-refractivity contribution in [2.75, 3.05) is 19.7 Å². The van der Waals surface area contributed by atoms with Gasteiger partial charge in [-0.3, -0.25) is 4.79 Å². The molecule has 1 aromatic carbocycles. The van der Waals surface area contributed by atoms with Crippen molar-refractivity contribution in [2.24, 2.45) is 0 Å². The summed E-state index contributed by atoms with van der Waals surface area (Å²) in [6, 6.07) is 4.09. The number of benzene rings is 1. The quantitative estimate of drug-likeness (QED) is 0.780. The molecule has 2 heterocycles. The Morgan fingerprint density at radius 2 is 2.15 bits per heavy atom. The van der Waals surface area contributed by atoms with Gasteiger partial charge in [-0.05, 0) is 31.4 Å². The topological polar surface area (TPSA) is 89.3 Å². The maximum absolute atomic E-state index is 13.4. The van der Waals surface area contributed by atoms with Gasteiger partial charge in [0.05, 0.1) is 16.4 Å². The van der Waals surface area contributed by atoms with E-state index in [0.29, 0.717) is 17.7 Å². The summed E-state index contributed by atoms with van der Waals surface area (Å²) in [6.07, 6.45) is 2.39. The second-order valence-corrected chi connectivity index (χ2v) is 8.21. The molecule has 6 rings (SSSR count). The molecule has 1 saturated heterocycles. The number of nitrogens with one attached hydrogen (secondary N) is 2. The molecule has 2 aromatic rings. The summed E-state index contributed by atoms with van der Waals surface area (Å²) in [7, 11) is 0. The predicted molar refractivity (Wildman–Crippen MR) is 93.2 cm³/mol. The van der Waals surface area contributed by atoms with Gasteiger partial charge < -0.3 is 19.8 Å². The number of nitrogens with zero attached hydrogens (tertiary/aromatic N) is 2. The van der Waals surface area contributed by atoms with E-state index in [2.05, 4.69) is 20.8 Å². The van der Waals surface area contributed by atoms with Gasteiger partial charge in [-0.15, -0.1) is 10.2 Å². The maximum atomic E-state index is 13.4. The number of halogens is 2. The van der Waals surface area contributed by atoms with Gasteiger partial charge in [0.25, 0.3) is 5.91 Å². The van der Waals surface area contributed by atoms with Crippen molar-refractivity contribution in [3.63, 3.8) is 0 Å². The largest absolute Gasteiger partial charge is 0.484 e. The SMILES string of the molecule is O=C(COc1ccc(Cl)c(F)c1)NC12CC(c3nnc(C4CNC4)o3)(C1)C2. The fourth-order valence-corrected chi connectivity index (χ4v) is 4.39. The molecule has 27 heavy (non-hydrogen) atoms. The number of ether oxygens (including phenoxy) is 1. The molecule has 0 spiro atoms. The molecule has 1 aliphatic heterocycles. The third-order valence-electron chi connectivity index (χ3n) is 5.72. The van der Waals surface area contributed by atoms with Gasteiger partial charge in [0.15, 0.2) is 6.61 Å². The maximum Gasteiger partial charge on any atom is 0.258 e. The lowest BCUT2D eigenvalue weighted by atomic mass is 9.39. The molecule has 3 aliphatic carbocycles. The Morgan fingerprint density at radius 3 is 2.81 bits per heavy atom. The molecule has 7 nitrogen and oxygen atoms in total. The number of hydrogen-bond acceptors (Lipinski definition) is 6. The van der Waals surface area contributed by atoms with E-state index in [1.165, 1.54) is 12.1 Å². The molecule has 4 fully saturated rings. The highest BCUT2D eigenvalue weighted by Gasteiger charge is 2.71. The zero-order chi connectivity index (χ0) is 18.6. The molecular weight excluding hydrogens is 375 g/mol. The highest BCUT2D eigenvalue weighted by Crippen LogP contribution is 2.67. The molecule has 0 atom stereocenters. The highest BCUT2D eigenvalue weighted by molar-refractivity contribution is 6.30. The van der Waals surface area contributed by atoms with Crippen molar-refractivity contribution in [3.05, 3.63) is 40.8 Å². The summed E-state index contributed by atoms with van der Waals surface area (Å²) in [6.45, 7) is 1.59. The van der Waals surface area contributed by atoms with Gasteiger partial charge in [0.2, 0.25) is 11.8 Å². The smallest absolute Gasteiger partial charge is 0.258 e. The average molecular weight is 393 g/mol. The minimum Gasteiger partial charge on any atom is -0.484 e. The van der Waals surface area contributed by atoms with Crippen LogP contribution >= 0.6 is 11.6 Å². The first-order valence-corrected chi connectivity index (χ1v) is 9.28. The number of rotatable bonds is 6. The molecule has 2 N–H and O–H groups in total. The highest BCUT2D eigenvalue weighted by atomic mass is 35.5. The third kappa shape index (κ3) is 2.78. The van der Waals surface area contributed by atoms with E-state index in [0.717, 1.165) is 38.4 Å². The predicted octanol–water partition coefficient (Wildman–Crippen LogP) is 1.92. The van der Waals surface area contributed by atoms with Gasteiger partial charge in [0.1, 0.15) is 11.6 Å². The van der Waals surface area contributed by atoms with E-state index in [1.807, 2.05) is 0 Å². The second kappa shape index (κ2) is 5.90. The first-order valence-electron chi connectivity index (χ1n) is 8.91. The standard InChI is InChI=1S/C18H18ClFN4O3/c19-12-2-1-11(3-13(12)20)26-6-14(25)22-18-7-17(8-18,9-18)16-24-23-15(27-16)10-4-21-5-10/h1-3,10,21H,4-9H2,(H,22,25). The van der Waals surface area contributed by atoms with Crippen LogP contribution in [0, 0.1) is 5.82 Å². The first-order chi connectivity index (χ1) is 13.0. The van der Waals surface area contributed by atoms with Crippen LogP contribution in [0.25, 0.3) is 0 Å². The van der Waals surface area contributed by atoms with Crippen LogP contribution in [0.4, 0.5) is 4.39 Å². The van der Waals surface area contributed by atoms with Gasteiger partial charge in [-0.25, -0.2) is 4.39 Å². The Morgan fingerprint density at radius 1 is 1.37 bits per heavy atom. The summed E-state index contributed by atoms with van der Waals surface area (Å²) < 4.78 is 24.6. The average Bonchev–Trinajstić information content (AvgIpc) is 2.98. The van der Waals surface area contributed by atoms with Crippen molar-refractivity contribution in [3.8, 4) is 5.75 Å². The number of carbonyl (C=O) groups is 1. The lowest BCUT2D eigenvalue weighted by Gasteiger charge is -2.68. The summed E-state index contributed by atoms with van der Waals surface area (Å²) >= 11 is 5.63. The zero-order valence-electron chi connectivity index (χ0n) is 14.4. The Balaban J connectivity index is 1.13. The minimum absolute atomic E-state index is 0.0173. The Labute approximate surface area is 159 Å². The van der Waals surface area contributed by atoms with E-state index in [9.17, 15) is 9.18 Å². The molecule has 1 amide bonds. The molecular formula is C18H18ClFN4O3. The molecule has 4 aliphatic rings. The lowest BCUT2D eigenvalue weighted by molar-refractivity contribution is -0.143. The fourth-order valence-electron chi connectivity index (χ4n) is 4.27. The lowest BCUT2D eigenvalue weighted by Crippen LogP contribution is -2.77. The Hall–Kier alpha value is -2.19. The molecule has 3 saturated carbocycles. The van der Waals surface area contributed by atoms with Crippen molar-refractivity contribution >= 4 is 17.5 Å². The Bertz CT molecular complexity index is 894. The molecule has 1 aromatic heterocycles. The van der Waals surface area contributed by atoms with Crippen LogP contribution in [-0.4, -0.2) is 41.3 Å². The van der Waals surface area contributed by atoms with Gasteiger partial charge in [-0.1, -0.05) is 11.6 Å². The van der Waals surface area contributed by atoms with Crippen LogP contribution in [0.2, 0.25) is 5.02 Å². The summed E-state index contributed by atoms with van der Waals surface area (Å²) in [5, 5.41) is 14.6. The molecule has 0 radical (unpaired) electrons. The summed E-state index contributed by atoms with van der Waals surface area (Å²) in [4.78, 5) is 12.2.